The van der Waals surface area contributed by atoms with E-state index in [1.54, 1.807) is 38.1 Å². The fourth-order valence-electron chi connectivity index (χ4n) is 3.23. The Kier molecular flexibility index (Phi) is 4.88. The highest BCUT2D eigenvalue weighted by molar-refractivity contribution is 7.93. The summed E-state index contributed by atoms with van der Waals surface area (Å²) >= 11 is 0. The van der Waals surface area contributed by atoms with Gasteiger partial charge >= 0.3 is 0 Å². The van der Waals surface area contributed by atoms with Gasteiger partial charge in [-0.05, 0) is 31.0 Å². The molecule has 1 amide bonds. The highest BCUT2D eigenvalue weighted by Crippen LogP contribution is 2.38. The SMILES string of the molecule is CCNC(=O)C1Cc2ccccc2N1S(=O)(=O)c1cc([N+](=O)[O-])ccc1C. The van der Waals surface area contributed by atoms with Gasteiger partial charge < -0.3 is 5.32 Å². The molecule has 0 aliphatic carbocycles. The Morgan fingerprint density at radius 1 is 1.30 bits per heavy atom. The number of benzene rings is 2. The predicted molar refractivity (Wildman–Crippen MR) is 100 cm³/mol. The monoisotopic (exact) mass is 389 g/mol. The van der Waals surface area contributed by atoms with Gasteiger partial charge in [0.1, 0.15) is 6.04 Å². The van der Waals surface area contributed by atoms with Crippen molar-refractivity contribution in [3.63, 3.8) is 0 Å². The Bertz CT molecular complexity index is 1020. The number of nitro benzene ring substituents is 1. The van der Waals surface area contributed by atoms with Crippen molar-refractivity contribution in [3.8, 4) is 0 Å². The van der Waals surface area contributed by atoms with E-state index in [9.17, 15) is 23.3 Å². The maximum Gasteiger partial charge on any atom is 0.270 e. The molecule has 1 atom stereocenters. The number of carbonyl (C=O) groups excluding carboxylic acids is 1. The highest BCUT2D eigenvalue weighted by atomic mass is 32.2. The first kappa shape index (κ1) is 18.8. The first-order valence-electron chi connectivity index (χ1n) is 8.42. The van der Waals surface area contributed by atoms with E-state index < -0.39 is 26.9 Å². The molecule has 2 aromatic carbocycles. The molecule has 0 saturated heterocycles. The van der Waals surface area contributed by atoms with Crippen LogP contribution in [0, 0.1) is 17.0 Å². The smallest absolute Gasteiger partial charge is 0.270 e. The molecule has 0 spiro atoms. The van der Waals surface area contributed by atoms with Gasteiger partial charge in [-0.2, -0.15) is 0 Å². The molecule has 27 heavy (non-hydrogen) atoms. The fourth-order valence-corrected chi connectivity index (χ4v) is 5.13. The largest absolute Gasteiger partial charge is 0.355 e. The molecule has 3 rings (SSSR count). The maximum atomic E-state index is 13.4. The van der Waals surface area contributed by atoms with Gasteiger partial charge in [-0.3, -0.25) is 19.2 Å². The molecule has 8 nitrogen and oxygen atoms in total. The van der Waals surface area contributed by atoms with Crippen LogP contribution in [0.3, 0.4) is 0 Å². The van der Waals surface area contributed by atoms with Crippen LogP contribution in [-0.4, -0.2) is 31.8 Å². The molecule has 1 aliphatic rings. The number of aryl methyl sites for hydroxylation is 1. The van der Waals surface area contributed by atoms with Crippen molar-refractivity contribution in [2.24, 2.45) is 0 Å². The minimum atomic E-state index is -4.18. The lowest BCUT2D eigenvalue weighted by Gasteiger charge is -2.26. The van der Waals surface area contributed by atoms with E-state index in [-0.39, 0.29) is 17.0 Å². The number of carbonyl (C=O) groups is 1. The van der Waals surface area contributed by atoms with Crippen molar-refractivity contribution in [1.29, 1.82) is 0 Å². The van der Waals surface area contributed by atoms with Crippen LogP contribution in [0.2, 0.25) is 0 Å². The predicted octanol–water partition coefficient (Wildman–Crippen LogP) is 2.16. The molecular formula is C18H19N3O5S. The summed E-state index contributed by atoms with van der Waals surface area (Å²) in [6, 6.07) is 9.65. The summed E-state index contributed by atoms with van der Waals surface area (Å²) in [4.78, 5) is 22.8. The second-order valence-corrected chi connectivity index (χ2v) is 8.03. The quantitative estimate of drug-likeness (QED) is 0.622. The van der Waals surface area contributed by atoms with Crippen molar-refractivity contribution >= 4 is 27.3 Å². The number of anilines is 1. The zero-order valence-corrected chi connectivity index (χ0v) is 15.7. The van der Waals surface area contributed by atoms with Gasteiger partial charge in [0.05, 0.1) is 15.5 Å². The van der Waals surface area contributed by atoms with E-state index in [0.29, 0.717) is 17.8 Å². The third-order valence-corrected chi connectivity index (χ3v) is 6.46. The molecule has 0 aromatic heterocycles. The minimum absolute atomic E-state index is 0.178. The van der Waals surface area contributed by atoms with Gasteiger partial charge in [-0.25, -0.2) is 8.42 Å². The average Bonchev–Trinajstić information content (AvgIpc) is 3.02. The summed E-state index contributed by atoms with van der Waals surface area (Å²) in [5.41, 5.74) is 1.21. The van der Waals surface area contributed by atoms with E-state index >= 15 is 0 Å². The van der Waals surface area contributed by atoms with E-state index in [1.165, 1.54) is 12.1 Å². The number of non-ortho nitro benzene ring substituents is 1. The summed E-state index contributed by atoms with van der Waals surface area (Å²) in [6.45, 7) is 3.69. The van der Waals surface area contributed by atoms with Gasteiger partial charge in [0.2, 0.25) is 5.91 Å². The van der Waals surface area contributed by atoms with Crippen molar-refractivity contribution in [1.82, 2.24) is 5.32 Å². The van der Waals surface area contributed by atoms with E-state index in [1.807, 2.05) is 0 Å². The second-order valence-electron chi connectivity index (χ2n) is 6.25. The van der Waals surface area contributed by atoms with E-state index in [0.717, 1.165) is 15.9 Å². The van der Waals surface area contributed by atoms with Gasteiger partial charge in [-0.15, -0.1) is 0 Å². The topological polar surface area (TPSA) is 110 Å². The number of amides is 1. The van der Waals surface area contributed by atoms with Gasteiger partial charge in [0.15, 0.2) is 0 Å². The molecule has 1 aliphatic heterocycles. The van der Waals surface area contributed by atoms with Crippen molar-refractivity contribution in [2.75, 3.05) is 10.8 Å². The van der Waals surface area contributed by atoms with Crippen LogP contribution in [0.25, 0.3) is 0 Å². The van der Waals surface area contributed by atoms with Crippen LogP contribution in [0.4, 0.5) is 11.4 Å². The van der Waals surface area contributed by atoms with Crippen LogP contribution >= 0.6 is 0 Å². The first-order valence-corrected chi connectivity index (χ1v) is 9.86. The first-order chi connectivity index (χ1) is 12.8. The molecule has 1 heterocycles. The maximum absolute atomic E-state index is 13.4. The molecule has 142 valence electrons. The molecule has 1 unspecified atom stereocenters. The van der Waals surface area contributed by atoms with Crippen LogP contribution in [0.1, 0.15) is 18.1 Å². The number of rotatable bonds is 5. The zero-order valence-electron chi connectivity index (χ0n) is 14.9. The Hall–Kier alpha value is -2.94. The van der Waals surface area contributed by atoms with Crippen LogP contribution < -0.4 is 9.62 Å². The van der Waals surface area contributed by atoms with E-state index in [2.05, 4.69) is 5.32 Å². The normalized spacial score (nSPS) is 16.1. The molecule has 0 fully saturated rings. The van der Waals surface area contributed by atoms with Crippen LogP contribution in [0.5, 0.6) is 0 Å². The number of hydrogen-bond acceptors (Lipinski definition) is 5. The number of nitrogens with zero attached hydrogens (tertiary/aromatic N) is 2. The molecular weight excluding hydrogens is 370 g/mol. The lowest BCUT2D eigenvalue weighted by molar-refractivity contribution is -0.385. The number of likely N-dealkylation sites (N-methyl/N-ethyl adjacent to an activating group) is 1. The number of nitrogens with one attached hydrogen (secondary N) is 1. The Labute approximate surface area is 157 Å². The summed E-state index contributed by atoms with van der Waals surface area (Å²) in [7, 11) is -4.18. The minimum Gasteiger partial charge on any atom is -0.355 e. The molecule has 0 bridgehead atoms. The summed E-state index contributed by atoms with van der Waals surface area (Å²) in [5, 5.41) is 13.8. The third-order valence-electron chi connectivity index (χ3n) is 4.50. The van der Waals surface area contributed by atoms with Crippen LogP contribution in [-0.2, 0) is 21.2 Å². The average molecular weight is 389 g/mol. The van der Waals surface area contributed by atoms with Gasteiger partial charge in [-0.1, -0.05) is 24.3 Å². The zero-order chi connectivity index (χ0) is 19.8. The second kappa shape index (κ2) is 6.99. The molecule has 0 saturated carbocycles. The molecule has 0 radical (unpaired) electrons. The fraction of sp³-hybridized carbons (Fsp3) is 0.278. The number of fused-ring (bicyclic) bond motifs is 1. The Morgan fingerprint density at radius 3 is 2.67 bits per heavy atom. The lowest BCUT2D eigenvalue weighted by Crippen LogP contribution is -2.48. The molecule has 2 aromatic rings. The number of nitro groups is 1. The summed E-state index contributed by atoms with van der Waals surface area (Å²) < 4.78 is 28.0. The highest BCUT2D eigenvalue weighted by Gasteiger charge is 2.42. The van der Waals surface area contributed by atoms with Crippen molar-refractivity contribution < 1.29 is 18.1 Å². The van der Waals surface area contributed by atoms with E-state index in [4.69, 9.17) is 0 Å². The van der Waals surface area contributed by atoms with Gasteiger partial charge in [0.25, 0.3) is 15.7 Å². The lowest BCUT2D eigenvalue weighted by atomic mass is 10.1. The number of para-hydroxylation sites is 1. The number of sulfonamides is 1. The molecule has 9 heteroatoms. The standard InChI is InChI=1S/C18H19N3O5S/c1-3-19-18(22)16-10-13-6-4-5-7-15(13)20(16)27(25,26)17-11-14(21(23)24)9-8-12(17)2/h4-9,11,16H,3,10H2,1-2H3,(H,19,22). The van der Waals surface area contributed by atoms with Crippen molar-refractivity contribution in [3.05, 3.63) is 63.7 Å². The van der Waals surface area contributed by atoms with Gasteiger partial charge in [0, 0.05) is 25.1 Å². The summed E-state index contributed by atoms with van der Waals surface area (Å²) in [5.74, 6) is -0.402. The van der Waals surface area contributed by atoms with Crippen molar-refractivity contribution in [2.45, 2.75) is 31.2 Å². The summed E-state index contributed by atoms with van der Waals surface area (Å²) in [6.07, 6.45) is 0.245. The number of hydrogen-bond donors (Lipinski definition) is 1. The molecule has 1 N–H and O–H groups in total. The van der Waals surface area contributed by atoms with Crippen LogP contribution in [0.15, 0.2) is 47.4 Å². The third kappa shape index (κ3) is 3.25. The Morgan fingerprint density at radius 2 is 2.00 bits per heavy atom. The Balaban J connectivity index is 2.17.